The predicted molar refractivity (Wildman–Crippen MR) is 98.6 cm³/mol. The molecule has 1 amide bonds. The molecule has 0 saturated carbocycles. The Labute approximate surface area is 159 Å². The first-order valence-corrected chi connectivity index (χ1v) is 8.65. The van der Waals surface area contributed by atoms with Crippen LogP contribution >= 0.6 is 27.5 Å². The zero-order valence-electron chi connectivity index (χ0n) is 13.5. The van der Waals surface area contributed by atoms with Crippen molar-refractivity contribution in [3.8, 4) is 5.75 Å². The van der Waals surface area contributed by atoms with Crippen LogP contribution in [0.5, 0.6) is 5.75 Å². The van der Waals surface area contributed by atoms with E-state index in [0.29, 0.717) is 16.3 Å². The first kappa shape index (κ1) is 19.3. The molecule has 0 aromatic heterocycles. The molecule has 0 bridgehead atoms. The number of rotatable bonds is 7. The minimum Gasteiger partial charge on any atom is -0.484 e. The van der Waals surface area contributed by atoms with Crippen molar-refractivity contribution < 1.29 is 19.1 Å². The third-order valence-corrected chi connectivity index (χ3v) is 4.27. The van der Waals surface area contributed by atoms with Crippen molar-refractivity contribution in [3.05, 3.63) is 63.6 Å². The molecule has 2 rings (SSSR count). The Kier molecular flexibility index (Phi) is 7.28. The summed E-state index contributed by atoms with van der Waals surface area (Å²) in [6.45, 7) is -0.177. The molecule has 0 radical (unpaired) electrons. The van der Waals surface area contributed by atoms with Gasteiger partial charge in [-0.05, 0) is 35.9 Å². The number of carbonyl (C=O) groups is 2. The van der Waals surface area contributed by atoms with Gasteiger partial charge in [0.25, 0.3) is 5.91 Å². The molecular weight excluding hydrogens is 410 g/mol. The molecule has 2 aromatic rings. The molecule has 0 heterocycles. The second-order valence-electron chi connectivity index (χ2n) is 5.16. The molecule has 1 N–H and O–H groups in total. The van der Waals surface area contributed by atoms with Crippen molar-refractivity contribution in [2.75, 3.05) is 13.7 Å². The average Bonchev–Trinajstić information content (AvgIpc) is 2.61. The molecule has 1 atom stereocenters. The second-order valence-corrected chi connectivity index (χ2v) is 6.49. The molecule has 1 unspecified atom stereocenters. The zero-order chi connectivity index (χ0) is 18.2. The van der Waals surface area contributed by atoms with Gasteiger partial charge in [-0.1, -0.05) is 45.7 Å². The van der Waals surface area contributed by atoms with E-state index in [4.69, 9.17) is 21.1 Å². The number of methoxy groups -OCH3 is 1. The van der Waals surface area contributed by atoms with Crippen molar-refractivity contribution in [3.63, 3.8) is 0 Å². The van der Waals surface area contributed by atoms with Gasteiger partial charge in [-0.3, -0.25) is 9.59 Å². The van der Waals surface area contributed by atoms with Crippen LogP contribution in [0.15, 0.2) is 53.0 Å². The summed E-state index contributed by atoms with van der Waals surface area (Å²) in [7, 11) is 1.30. The van der Waals surface area contributed by atoms with Gasteiger partial charge in [-0.15, -0.1) is 0 Å². The van der Waals surface area contributed by atoms with Crippen LogP contribution in [0, 0.1) is 0 Å². The van der Waals surface area contributed by atoms with Crippen molar-refractivity contribution >= 4 is 39.4 Å². The number of esters is 1. The normalized spacial score (nSPS) is 11.5. The quantitative estimate of drug-likeness (QED) is 0.682. The third-order valence-electron chi connectivity index (χ3n) is 3.40. The third kappa shape index (κ3) is 6.07. The van der Waals surface area contributed by atoms with Crippen molar-refractivity contribution in [2.45, 2.75) is 12.5 Å². The largest absolute Gasteiger partial charge is 0.484 e. The molecule has 7 heteroatoms. The summed E-state index contributed by atoms with van der Waals surface area (Å²) in [6.07, 6.45) is -0.0236. The summed E-state index contributed by atoms with van der Waals surface area (Å²) < 4.78 is 11.1. The SMILES string of the molecule is COC(=O)CC(NC(=O)COc1ccc(Br)cc1)c1ccccc1Cl. The Morgan fingerprint density at radius 1 is 1.16 bits per heavy atom. The highest BCUT2D eigenvalue weighted by Gasteiger charge is 2.21. The summed E-state index contributed by atoms with van der Waals surface area (Å²) in [5.74, 6) is -0.239. The highest BCUT2D eigenvalue weighted by Crippen LogP contribution is 2.25. The van der Waals surface area contributed by atoms with E-state index >= 15 is 0 Å². The lowest BCUT2D eigenvalue weighted by Crippen LogP contribution is -2.34. The number of hydrogen-bond donors (Lipinski definition) is 1. The van der Waals surface area contributed by atoms with E-state index in [1.807, 2.05) is 12.1 Å². The topological polar surface area (TPSA) is 64.6 Å². The maximum absolute atomic E-state index is 12.2. The highest BCUT2D eigenvalue weighted by molar-refractivity contribution is 9.10. The smallest absolute Gasteiger partial charge is 0.307 e. The van der Waals surface area contributed by atoms with Crippen LogP contribution in [-0.2, 0) is 14.3 Å². The fourth-order valence-corrected chi connectivity index (χ4v) is 2.69. The molecule has 0 aliphatic rings. The standard InChI is InChI=1S/C18H17BrClNO4/c1-24-18(23)10-16(14-4-2-3-5-15(14)20)21-17(22)11-25-13-8-6-12(19)7-9-13/h2-9,16H,10-11H2,1H3,(H,21,22). The summed E-state index contributed by atoms with van der Waals surface area (Å²) in [5.41, 5.74) is 0.645. The minimum absolute atomic E-state index is 0.0236. The summed E-state index contributed by atoms with van der Waals surface area (Å²) in [5, 5.41) is 3.23. The summed E-state index contributed by atoms with van der Waals surface area (Å²) in [6, 6.07) is 13.6. The maximum atomic E-state index is 12.2. The lowest BCUT2D eigenvalue weighted by molar-refractivity contribution is -0.141. The monoisotopic (exact) mass is 425 g/mol. The van der Waals surface area contributed by atoms with E-state index in [0.717, 1.165) is 4.47 Å². The Bertz CT molecular complexity index is 736. The van der Waals surface area contributed by atoms with Gasteiger partial charge in [-0.25, -0.2) is 0 Å². The fraction of sp³-hybridized carbons (Fsp3) is 0.222. The van der Waals surface area contributed by atoms with Gasteiger partial charge in [0.15, 0.2) is 6.61 Å². The molecule has 5 nitrogen and oxygen atoms in total. The Morgan fingerprint density at radius 3 is 2.48 bits per heavy atom. The highest BCUT2D eigenvalue weighted by atomic mass is 79.9. The van der Waals surface area contributed by atoms with Crippen LogP contribution in [0.1, 0.15) is 18.0 Å². The first-order valence-electron chi connectivity index (χ1n) is 7.48. The Morgan fingerprint density at radius 2 is 1.84 bits per heavy atom. The maximum Gasteiger partial charge on any atom is 0.307 e. The first-order chi connectivity index (χ1) is 12.0. The lowest BCUT2D eigenvalue weighted by Gasteiger charge is -2.19. The summed E-state index contributed by atoms with van der Waals surface area (Å²) >= 11 is 9.51. The zero-order valence-corrected chi connectivity index (χ0v) is 15.8. The van der Waals surface area contributed by atoms with Crippen LogP contribution in [0.4, 0.5) is 0 Å². The molecule has 132 valence electrons. The van der Waals surface area contributed by atoms with Crippen LogP contribution in [-0.4, -0.2) is 25.6 Å². The number of carbonyl (C=O) groups excluding carboxylic acids is 2. The van der Waals surface area contributed by atoms with Crippen LogP contribution in [0.3, 0.4) is 0 Å². The molecule has 0 fully saturated rings. The van der Waals surface area contributed by atoms with Gasteiger partial charge in [0.1, 0.15) is 5.75 Å². The number of benzene rings is 2. The number of halogens is 2. The van der Waals surface area contributed by atoms with Crippen LogP contribution in [0.25, 0.3) is 0 Å². The number of hydrogen-bond acceptors (Lipinski definition) is 4. The van der Waals surface area contributed by atoms with Crippen LogP contribution in [0.2, 0.25) is 5.02 Å². The van der Waals surface area contributed by atoms with Crippen molar-refractivity contribution in [2.24, 2.45) is 0 Å². The van der Waals surface area contributed by atoms with Gasteiger partial charge < -0.3 is 14.8 Å². The van der Waals surface area contributed by atoms with E-state index < -0.39 is 12.0 Å². The van der Waals surface area contributed by atoms with Gasteiger partial charge in [-0.2, -0.15) is 0 Å². The van der Waals surface area contributed by atoms with Gasteiger partial charge >= 0.3 is 5.97 Å². The minimum atomic E-state index is -0.595. The van der Waals surface area contributed by atoms with Gasteiger partial charge in [0.05, 0.1) is 19.6 Å². The lowest BCUT2D eigenvalue weighted by atomic mass is 10.0. The van der Waals surface area contributed by atoms with E-state index in [1.165, 1.54) is 7.11 Å². The Balaban J connectivity index is 2.02. The molecule has 0 aliphatic carbocycles. The molecule has 0 spiro atoms. The van der Waals surface area contributed by atoms with Crippen molar-refractivity contribution in [1.29, 1.82) is 0 Å². The van der Waals surface area contributed by atoms with E-state index in [2.05, 4.69) is 21.2 Å². The molecule has 0 saturated heterocycles. The fourth-order valence-electron chi connectivity index (χ4n) is 2.16. The van der Waals surface area contributed by atoms with E-state index in [9.17, 15) is 9.59 Å². The molecule has 0 aliphatic heterocycles. The Hall–Kier alpha value is -2.05. The number of nitrogens with one attached hydrogen (secondary N) is 1. The van der Waals surface area contributed by atoms with E-state index in [1.54, 1.807) is 36.4 Å². The predicted octanol–water partition coefficient (Wildman–Crippen LogP) is 3.90. The van der Waals surface area contributed by atoms with Gasteiger partial charge in [0, 0.05) is 9.50 Å². The van der Waals surface area contributed by atoms with E-state index in [-0.39, 0.29) is 18.9 Å². The molecule has 25 heavy (non-hydrogen) atoms. The molecule has 2 aromatic carbocycles. The van der Waals surface area contributed by atoms with Gasteiger partial charge in [0.2, 0.25) is 0 Å². The number of ether oxygens (including phenoxy) is 2. The van der Waals surface area contributed by atoms with Crippen molar-refractivity contribution in [1.82, 2.24) is 5.32 Å². The molecular formula is C18H17BrClNO4. The second kappa shape index (κ2) is 9.44. The average molecular weight is 427 g/mol. The summed E-state index contributed by atoms with van der Waals surface area (Å²) in [4.78, 5) is 23.9. The number of amides is 1. The van der Waals surface area contributed by atoms with Crippen LogP contribution < -0.4 is 10.1 Å².